The molecular formula is C14H22ClN. The Hall–Kier alpha value is -0.530. The van der Waals surface area contributed by atoms with Crippen LogP contribution in [0.1, 0.15) is 50.2 Å². The standard InChI is InChI=1S/C14H22ClN/c1-4-12(6-5-11(3)16)13-7-8-14(15)10(2)9-13/h7-9,11-12H,4-6,16H2,1-3H3. The summed E-state index contributed by atoms with van der Waals surface area (Å²) in [6.45, 7) is 6.36. The minimum absolute atomic E-state index is 0.294. The molecule has 1 nitrogen and oxygen atoms in total. The van der Waals surface area contributed by atoms with Crippen molar-refractivity contribution in [2.75, 3.05) is 0 Å². The van der Waals surface area contributed by atoms with Crippen LogP contribution in [0.15, 0.2) is 18.2 Å². The minimum atomic E-state index is 0.294. The first kappa shape index (κ1) is 13.5. The molecule has 1 aromatic rings. The van der Waals surface area contributed by atoms with Gasteiger partial charge in [0.05, 0.1) is 0 Å². The van der Waals surface area contributed by atoms with Gasteiger partial charge in [0.2, 0.25) is 0 Å². The zero-order valence-corrected chi connectivity index (χ0v) is 11.2. The molecule has 0 radical (unpaired) electrons. The van der Waals surface area contributed by atoms with Gasteiger partial charge in [-0.05, 0) is 56.2 Å². The van der Waals surface area contributed by atoms with Crippen molar-refractivity contribution in [3.05, 3.63) is 34.3 Å². The molecule has 0 heterocycles. The van der Waals surface area contributed by atoms with E-state index in [4.69, 9.17) is 17.3 Å². The zero-order chi connectivity index (χ0) is 12.1. The Kier molecular flexibility index (Phi) is 5.30. The fraction of sp³-hybridized carbons (Fsp3) is 0.571. The molecule has 0 saturated heterocycles. The lowest BCUT2D eigenvalue weighted by Crippen LogP contribution is -2.15. The van der Waals surface area contributed by atoms with Crippen LogP contribution in [-0.4, -0.2) is 6.04 Å². The molecule has 2 heteroatoms. The maximum absolute atomic E-state index is 6.04. The maximum Gasteiger partial charge on any atom is 0.0435 e. The van der Waals surface area contributed by atoms with Crippen molar-refractivity contribution in [2.24, 2.45) is 5.73 Å². The highest BCUT2D eigenvalue weighted by Crippen LogP contribution is 2.28. The second-order valence-corrected chi connectivity index (χ2v) is 5.08. The van der Waals surface area contributed by atoms with Crippen molar-refractivity contribution < 1.29 is 0 Å². The summed E-state index contributed by atoms with van der Waals surface area (Å²) in [7, 11) is 0. The molecule has 0 aromatic heterocycles. The van der Waals surface area contributed by atoms with Crippen molar-refractivity contribution >= 4 is 11.6 Å². The monoisotopic (exact) mass is 239 g/mol. The van der Waals surface area contributed by atoms with Crippen molar-refractivity contribution in [1.82, 2.24) is 0 Å². The van der Waals surface area contributed by atoms with E-state index in [-0.39, 0.29) is 0 Å². The molecule has 0 amide bonds. The first-order valence-corrected chi connectivity index (χ1v) is 6.44. The summed E-state index contributed by atoms with van der Waals surface area (Å²) in [5.74, 6) is 0.613. The number of nitrogens with two attached hydrogens (primary N) is 1. The first-order valence-electron chi connectivity index (χ1n) is 6.06. The molecule has 2 atom stereocenters. The van der Waals surface area contributed by atoms with Crippen LogP contribution in [0.2, 0.25) is 5.02 Å². The van der Waals surface area contributed by atoms with E-state index in [1.165, 1.54) is 11.1 Å². The van der Waals surface area contributed by atoms with Crippen molar-refractivity contribution in [1.29, 1.82) is 0 Å². The van der Waals surface area contributed by atoms with Crippen LogP contribution in [0.3, 0.4) is 0 Å². The Balaban J connectivity index is 2.74. The average Bonchev–Trinajstić information content (AvgIpc) is 2.23. The van der Waals surface area contributed by atoms with E-state index in [1.807, 2.05) is 6.07 Å². The normalized spacial score (nSPS) is 14.8. The van der Waals surface area contributed by atoms with Gasteiger partial charge in [0, 0.05) is 11.1 Å². The van der Waals surface area contributed by atoms with E-state index in [0.717, 1.165) is 24.3 Å². The molecule has 16 heavy (non-hydrogen) atoms. The number of rotatable bonds is 5. The molecule has 0 aliphatic heterocycles. The Morgan fingerprint density at radius 2 is 2.00 bits per heavy atom. The molecular weight excluding hydrogens is 218 g/mol. The Bertz CT molecular complexity index is 334. The molecule has 0 aliphatic carbocycles. The third-order valence-corrected chi connectivity index (χ3v) is 3.54. The van der Waals surface area contributed by atoms with Gasteiger partial charge in [-0.2, -0.15) is 0 Å². The highest BCUT2D eigenvalue weighted by Gasteiger charge is 2.11. The second-order valence-electron chi connectivity index (χ2n) is 4.67. The lowest BCUT2D eigenvalue weighted by molar-refractivity contribution is 0.532. The summed E-state index contributed by atoms with van der Waals surface area (Å²) in [5, 5.41) is 0.853. The fourth-order valence-corrected chi connectivity index (χ4v) is 2.11. The van der Waals surface area contributed by atoms with Crippen LogP contribution in [0.5, 0.6) is 0 Å². The fourth-order valence-electron chi connectivity index (χ4n) is 1.99. The molecule has 2 unspecified atom stereocenters. The summed E-state index contributed by atoms with van der Waals surface area (Å²) < 4.78 is 0. The van der Waals surface area contributed by atoms with Gasteiger partial charge >= 0.3 is 0 Å². The van der Waals surface area contributed by atoms with Gasteiger partial charge in [-0.3, -0.25) is 0 Å². The molecule has 1 rings (SSSR count). The number of aryl methyl sites for hydroxylation is 1. The summed E-state index contributed by atoms with van der Waals surface area (Å²) >= 11 is 6.04. The number of benzene rings is 1. The van der Waals surface area contributed by atoms with Crippen LogP contribution >= 0.6 is 11.6 Å². The molecule has 90 valence electrons. The molecule has 0 bridgehead atoms. The first-order chi connectivity index (χ1) is 7.54. The van der Waals surface area contributed by atoms with E-state index in [2.05, 4.69) is 32.9 Å². The minimum Gasteiger partial charge on any atom is -0.328 e. The molecule has 0 saturated carbocycles. The smallest absolute Gasteiger partial charge is 0.0435 e. The number of hydrogen-bond acceptors (Lipinski definition) is 1. The Labute approximate surface area is 104 Å². The summed E-state index contributed by atoms with van der Waals surface area (Å²) in [6.07, 6.45) is 3.41. The lowest BCUT2D eigenvalue weighted by Gasteiger charge is -2.17. The topological polar surface area (TPSA) is 26.0 Å². The van der Waals surface area contributed by atoms with E-state index in [1.54, 1.807) is 0 Å². The van der Waals surface area contributed by atoms with Crippen LogP contribution in [0.4, 0.5) is 0 Å². The van der Waals surface area contributed by atoms with Gasteiger partial charge < -0.3 is 5.73 Å². The summed E-state index contributed by atoms with van der Waals surface area (Å²) in [5.41, 5.74) is 8.37. The quantitative estimate of drug-likeness (QED) is 0.816. The maximum atomic E-state index is 6.04. The third-order valence-electron chi connectivity index (χ3n) is 3.12. The summed E-state index contributed by atoms with van der Waals surface area (Å²) in [4.78, 5) is 0. The largest absolute Gasteiger partial charge is 0.328 e. The van der Waals surface area contributed by atoms with Gasteiger partial charge in [0.25, 0.3) is 0 Å². The number of halogens is 1. The van der Waals surface area contributed by atoms with Crippen molar-refractivity contribution in [2.45, 2.75) is 52.0 Å². The second kappa shape index (κ2) is 6.27. The SMILES string of the molecule is CCC(CCC(C)N)c1ccc(Cl)c(C)c1. The van der Waals surface area contributed by atoms with E-state index in [0.29, 0.717) is 12.0 Å². The Morgan fingerprint density at radius 3 is 2.50 bits per heavy atom. The van der Waals surface area contributed by atoms with Gasteiger partial charge in [-0.1, -0.05) is 30.7 Å². The van der Waals surface area contributed by atoms with Gasteiger partial charge in [0.15, 0.2) is 0 Å². The van der Waals surface area contributed by atoms with Crippen molar-refractivity contribution in [3.63, 3.8) is 0 Å². The number of hydrogen-bond donors (Lipinski definition) is 1. The predicted molar refractivity (Wildman–Crippen MR) is 72.1 cm³/mol. The van der Waals surface area contributed by atoms with Crippen molar-refractivity contribution in [3.8, 4) is 0 Å². The Morgan fingerprint density at radius 1 is 1.31 bits per heavy atom. The van der Waals surface area contributed by atoms with Gasteiger partial charge in [-0.25, -0.2) is 0 Å². The lowest BCUT2D eigenvalue weighted by atomic mass is 9.90. The van der Waals surface area contributed by atoms with Crippen LogP contribution in [0.25, 0.3) is 0 Å². The van der Waals surface area contributed by atoms with E-state index >= 15 is 0 Å². The third kappa shape index (κ3) is 3.80. The molecule has 0 aliphatic rings. The van der Waals surface area contributed by atoms with E-state index in [9.17, 15) is 0 Å². The molecule has 0 spiro atoms. The van der Waals surface area contributed by atoms with Crippen LogP contribution in [0, 0.1) is 6.92 Å². The van der Waals surface area contributed by atoms with E-state index < -0.39 is 0 Å². The van der Waals surface area contributed by atoms with Crippen LogP contribution in [-0.2, 0) is 0 Å². The average molecular weight is 240 g/mol. The zero-order valence-electron chi connectivity index (χ0n) is 10.5. The summed E-state index contributed by atoms with van der Waals surface area (Å²) in [6, 6.07) is 6.64. The molecule has 0 fully saturated rings. The predicted octanol–water partition coefficient (Wildman–Crippen LogP) is 4.27. The van der Waals surface area contributed by atoms with Crippen LogP contribution < -0.4 is 5.73 Å². The molecule has 1 aromatic carbocycles. The highest BCUT2D eigenvalue weighted by atomic mass is 35.5. The highest BCUT2D eigenvalue weighted by molar-refractivity contribution is 6.31. The van der Waals surface area contributed by atoms with Gasteiger partial charge in [0.1, 0.15) is 0 Å². The van der Waals surface area contributed by atoms with Gasteiger partial charge in [-0.15, -0.1) is 0 Å². The molecule has 2 N–H and O–H groups in total.